The van der Waals surface area contributed by atoms with Gasteiger partial charge in [0, 0.05) is 19.7 Å². The lowest BCUT2D eigenvalue weighted by atomic mass is 10.1. The molecule has 2 aromatic rings. The molecule has 0 aliphatic carbocycles. The molecule has 1 unspecified atom stereocenters. The Bertz CT molecular complexity index is 1040. The Balaban J connectivity index is 2.01. The molecule has 0 aliphatic rings. The van der Waals surface area contributed by atoms with Crippen LogP contribution < -0.4 is 10.6 Å². The van der Waals surface area contributed by atoms with Crippen LogP contribution in [0.1, 0.15) is 31.0 Å². The quantitative estimate of drug-likeness (QED) is 0.668. The third-order valence-electron chi connectivity index (χ3n) is 4.36. The van der Waals surface area contributed by atoms with Crippen LogP contribution in [-0.4, -0.2) is 38.1 Å². The molecule has 0 radical (unpaired) electrons. The number of carbonyl (C=O) groups excluding carboxylic acids is 2. The Labute approximate surface area is 178 Å². The van der Waals surface area contributed by atoms with Crippen LogP contribution in [0.25, 0.3) is 0 Å². The van der Waals surface area contributed by atoms with Crippen LogP contribution >= 0.6 is 0 Å². The van der Waals surface area contributed by atoms with Crippen LogP contribution in [0.4, 0.5) is 18.9 Å². The van der Waals surface area contributed by atoms with Gasteiger partial charge in [0.15, 0.2) is 0 Å². The van der Waals surface area contributed by atoms with Crippen molar-refractivity contribution in [3.8, 4) is 0 Å². The predicted octanol–water partition coefficient (Wildman–Crippen LogP) is 3.16. The number of benzene rings is 2. The van der Waals surface area contributed by atoms with Gasteiger partial charge in [0.2, 0.25) is 21.8 Å². The van der Waals surface area contributed by atoms with Crippen LogP contribution in [0, 0.1) is 0 Å². The molecular formula is C20H22F3N3O4S. The topological polar surface area (TPSA) is 95.6 Å². The highest BCUT2D eigenvalue weighted by Gasteiger charge is 2.30. The molecule has 0 bridgehead atoms. The zero-order valence-corrected chi connectivity index (χ0v) is 17.8. The first-order valence-corrected chi connectivity index (χ1v) is 10.5. The molecule has 1 atom stereocenters. The molecule has 2 aromatic carbocycles. The van der Waals surface area contributed by atoms with E-state index in [0.717, 1.165) is 16.4 Å². The van der Waals surface area contributed by atoms with Gasteiger partial charge in [0.25, 0.3) is 0 Å². The third kappa shape index (κ3) is 6.53. The van der Waals surface area contributed by atoms with Gasteiger partial charge in [-0.25, -0.2) is 8.42 Å². The molecular weight excluding hydrogens is 435 g/mol. The lowest BCUT2D eigenvalue weighted by Crippen LogP contribution is -2.39. The first-order chi connectivity index (χ1) is 14.3. The molecule has 2 rings (SSSR count). The summed E-state index contributed by atoms with van der Waals surface area (Å²) < 4.78 is 64.1. The minimum absolute atomic E-state index is 0.0623. The second-order valence-corrected chi connectivity index (χ2v) is 8.92. The minimum atomic E-state index is -4.46. The number of amides is 2. The molecule has 0 heterocycles. The van der Waals surface area contributed by atoms with E-state index in [-0.39, 0.29) is 10.8 Å². The van der Waals surface area contributed by atoms with Crippen molar-refractivity contribution >= 4 is 27.5 Å². The molecule has 31 heavy (non-hydrogen) atoms. The largest absolute Gasteiger partial charge is 0.416 e. The van der Waals surface area contributed by atoms with Crippen molar-refractivity contribution < 1.29 is 31.2 Å². The minimum Gasteiger partial charge on any atom is -0.348 e. The summed E-state index contributed by atoms with van der Waals surface area (Å²) in [6.07, 6.45) is -4.46. The highest BCUT2D eigenvalue weighted by atomic mass is 32.2. The lowest BCUT2D eigenvalue weighted by molar-refractivity contribution is -0.137. The lowest BCUT2D eigenvalue weighted by Gasteiger charge is -2.20. The number of anilines is 1. The van der Waals surface area contributed by atoms with E-state index < -0.39 is 40.3 Å². The maximum atomic E-state index is 12.7. The Kier molecular flexibility index (Phi) is 7.45. The van der Waals surface area contributed by atoms with Gasteiger partial charge >= 0.3 is 6.18 Å². The van der Waals surface area contributed by atoms with E-state index in [0.29, 0.717) is 11.3 Å². The van der Waals surface area contributed by atoms with Gasteiger partial charge in [-0.15, -0.1) is 0 Å². The van der Waals surface area contributed by atoms with E-state index in [1.165, 1.54) is 50.4 Å². The highest BCUT2D eigenvalue weighted by molar-refractivity contribution is 7.89. The first kappa shape index (κ1) is 24.4. The smallest absolute Gasteiger partial charge is 0.348 e. The number of carbonyl (C=O) groups is 2. The maximum absolute atomic E-state index is 12.7. The molecule has 0 saturated heterocycles. The first-order valence-electron chi connectivity index (χ1n) is 9.11. The molecule has 2 amide bonds. The SMILES string of the molecule is CC(=O)Nc1ccc(S(=O)(=O)N(C)CC(=O)NC(C)c2ccc(C(F)(F)F)cc2)cc1. The Morgan fingerprint density at radius 1 is 1.03 bits per heavy atom. The number of halogens is 3. The molecule has 0 saturated carbocycles. The standard InChI is InChI=1S/C20H22F3N3O4S/c1-13(15-4-6-16(7-5-15)20(21,22)23)24-19(28)12-26(3)31(29,30)18-10-8-17(9-11-18)25-14(2)27/h4-11,13H,12H2,1-3H3,(H,24,28)(H,25,27). The second-order valence-electron chi connectivity index (χ2n) is 6.88. The number of hydrogen-bond acceptors (Lipinski definition) is 4. The molecule has 7 nitrogen and oxygen atoms in total. The van der Waals surface area contributed by atoms with Gasteiger partial charge in [-0.2, -0.15) is 17.5 Å². The molecule has 0 aromatic heterocycles. The van der Waals surface area contributed by atoms with Crippen molar-refractivity contribution in [1.29, 1.82) is 0 Å². The van der Waals surface area contributed by atoms with Gasteiger partial charge in [0.05, 0.1) is 23.0 Å². The fourth-order valence-electron chi connectivity index (χ4n) is 2.71. The monoisotopic (exact) mass is 457 g/mol. The van der Waals surface area contributed by atoms with Gasteiger partial charge in [0.1, 0.15) is 0 Å². The summed E-state index contributed by atoms with van der Waals surface area (Å²) in [7, 11) is -2.73. The van der Waals surface area contributed by atoms with E-state index in [4.69, 9.17) is 0 Å². The van der Waals surface area contributed by atoms with Crippen molar-refractivity contribution in [1.82, 2.24) is 9.62 Å². The molecule has 0 spiro atoms. The number of sulfonamides is 1. The second kappa shape index (κ2) is 9.48. The summed E-state index contributed by atoms with van der Waals surface area (Å²) in [4.78, 5) is 23.3. The van der Waals surface area contributed by atoms with Crippen molar-refractivity contribution in [3.63, 3.8) is 0 Å². The van der Waals surface area contributed by atoms with Crippen LogP contribution in [0.15, 0.2) is 53.4 Å². The number of rotatable bonds is 7. The Morgan fingerprint density at radius 2 is 1.58 bits per heavy atom. The van der Waals surface area contributed by atoms with Gasteiger partial charge in [-0.3, -0.25) is 9.59 Å². The van der Waals surface area contributed by atoms with Crippen LogP contribution in [0.3, 0.4) is 0 Å². The number of nitrogens with one attached hydrogen (secondary N) is 2. The van der Waals surface area contributed by atoms with Crippen LogP contribution in [0.5, 0.6) is 0 Å². The predicted molar refractivity (Wildman–Crippen MR) is 109 cm³/mol. The number of alkyl halides is 3. The van der Waals surface area contributed by atoms with E-state index in [1.54, 1.807) is 6.92 Å². The average Bonchev–Trinajstić information content (AvgIpc) is 2.67. The fourth-order valence-corrected chi connectivity index (χ4v) is 3.84. The summed E-state index contributed by atoms with van der Waals surface area (Å²) in [6, 6.07) is 9.18. The van der Waals surface area contributed by atoms with Crippen molar-refractivity contribution in [3.05, 3.63) is 59.7 Å². The number of nitrogens with zero attached hydrogens (tertiary/aromatic N) is 1. The van der Waals surface area contributed by atoms with Gasteiger partial charge in [-0.1, -0.05) is 12.1 Å². The van der Waals surface area contributed by atoms with E-state index >= 15 is 0 Å². The normalized spacial score (nSPS) is 13.0. The Hall–Kier alpha value is -2.92. The molecule has 168 valence electrons. The number of likely N-dealkylation sites (N-methyl/N-ethyl adjacent to an activating group) is 1. The van der Waals surface area contributed by atoms with Crippen molar-refractivity contribution in [2.24, 2.45) is 0 Å². The summed E-state index contributed by atoms with van der Waals surface area (Å²) >= 11 is 0. The van der Waals surface area contributed by atoms with E-state index in [2.05, 4.69) is 10.6 Å². The Morgan fingerprint density at radius 3 is 2.06 bits per heavy atom. The van der Waals surface area contributed by atoms with Crippen LogP contribution in [-0.2, 0) is 25.8 Å². The summed E-state index contributed by atoms with van der Waals surface area (Å²) in [5.74, 6) is -0.917. The molecule has 2 N–H and O–H groups in total. The van der Waals surface area contributed by atoms with Crippen molar-refractivity contribution in [2.75, 3.05) is 18.9 Å². The van der Waals surface area contributed by atoms with Crippen LogP contribution in [0.2, 0.25) is 0 Å². The van der Waals surface area contributed by atoms with Gasteiger partial charge < -0.3 is 10.6 Å². The molecule has 0 fully saturated rings. The summed E-state index contributed by atoms with van der Waals surface area (Å²) in [6.45, 7) is 2.42. The summed E-state index contributed by atoms with van der Waals surface area (Å²) in [5.41, 5.74) is 0.0720. The molecule has 0 aliphatic heterocycles. The zero-order valence-electron chi connectivity index (χ0n) is 17.0. The van der Waals surface area contributed by atoms with E-state index in [9.17, 15) is 31.2 Å². The molecule has 11 heteroatoms. The van der Waals surface area contributed by atoms with Crippen molar-refractivity contribution in [2.45, 2.75) is 31.0 Å². The highest BCUT2D eigenvalue weighted by Crippen LogP contribution is 2.29. The van der Waals surface area contributed by atoms with E-state index in [1.807, 2.05) is 0 Å². The maximum Gasteiger partial charge on any atom is 0.416 e. The fraction of sp³-hybridized carbons (Fsp3) is 0.300. The third-order valence-corrected chi connectivity index (χ3v) is 6.18. The average molecular weight is 457 g/mol. The number of hydrogen-bond donors (Lipinski definition) is 2. The van der Waals surface area contributed by atoms with Gasteiger partial charge in [-0.05, 0) is 48.9 Å². The zero-order chi connectivity index (χ0) is 23.4. The summed E-state index contributed by atoms with van der Waals surface area (Å²) in [5, 5.41) is 5.09.